The fourth-order valence-corrected chi connectivity index (χ4v) is 7.30. The molecule has 0 spiro atoms. The Morgan fingerprint density at radius 2 is 1.73 bits per heavy atom. The minimum absolute atomic E-state index is 0.00427. The summed E-state index contributed by atoms with van der Waals surface area (Å²) in [6.45, 7) is 24.3. The Morgan fingerprint density at radius 1 is 1.06 bits per heavy atom. The predicted molar refractivity (Wildman–Crippen MR) is 199 cm³/mol. The van der Waals surface area contributed by atoms with Gasteiger partial charge in [-0.25, -0.2) is 23.7 Å². The predicted octanol–water partition coefficient (Wildman–Crippen LogP) is 8.67. The molecule has 51 heavy (non-hydrogen) atoms. The zero-order valence-corrected chi connectivity index (χ0v) is 33.4. The number of ketones is 1. The minimum atomic E-state index is -1.96. The molecule has 0 aliphatic heterocycles. The van der Waals surface area contributed by atoms with E-state index in [1.807, 2.05) is 20.8 Å². The number of unbranched alkanes of at least 4 members (excludes halogenated alkanes) is 1. The SMILES string of the molecule is CCCCC(NC(=O)c1c(C)c2c(n1C(=O)OC(C)(C)C)CC(C)(C)CC2=O)c1nc2ccc(OCCO[Si](C)(C)C(C)(C)C)cc2n1C(=O)O. The van der Waals surface area contributed by atoms with E-state index in [1.165, 1.54) is 4.57 Å². The number of carbonyl (C=O) groups is 4. The number of benzene rings is 1. The van der Waals surface area contributed by atoms with Crippen LogP contribution >= 0.6 is 0 Å². The zero-order chi connectivity index (χ0) is 38.3. The van der Waals surface area contributed by atoms with Crippen molar-refractivity contribution >= 4 is 43.2 Å². The molecule has 3 aromatic rings. The maximum atomic E-state index is 14.4. The second-order valence-corrected chi connectivity index (χ2v) is 21.7. The fourth-order valence-electron chi connectivity index (χ4n) is 6.28. The van der Waals surface area contributed by atoms with Gasteiger partial charge in [-0.2, -0.15) is 0 Å². The summed E-state index contributed by atoms with van der Waals surface area (Å²) in [6.07, 6.45) is 0.460. The molecule has 1 aliphatic rings. The van der Waals surface area contributed by atoms with Crippen molar-refractivity contribution in [2.45, 2.75) is 131 Å². The first kappa shape index (κ1) is 39.8. The van der Waals surface area contributed by atoms with Gasteiger partial charge in [0.25, 0.3) is 5.91 Å². The Labute approximate surface area is 302 Å². The molecule has 13 heteroatoms. The second kappa shape index (κ2) is 14.6. The molecule has 0 radical (unpaired) electrons. The number of carbonyl (C=O) groups excluding carboxylic acids is 3. The summed E-state index contributed by atoms with van der Waals surface area (Å²) < 4.78 is 20.3. The Bertz CT molecular complexity index is 1820. The molecule has 2 heterocycles. The number of Topliss-reactive ketones (excluding diaryl/α,β-unsaturated/α-hetero) is 1. The quantitative estimate of drug-likeness (QED) is 0.146. The van der Waals surface area contributed by atoms with E-state index in [9.17, 15) is 24.3 Å². The molecule has 0 saturated carbocycles. The molecule has 0 bridgehead atoms. The van der Waals surface area contributed by atoms with E-state index in [4.69, 9.17) is 18.9 Å². The van der Waals surface area contributed by atoms with E-state index in [1.54, 1.807) is 45.9 Å². The van der Waals surface area contributed by atoms with Gasteiger partial charge in [0.05, 0.1) is 23.7 Å². The molecule has 1 atom stereocenters. The molecule has 1 amide bonds. The molecule has 1 aromatic carbocycles. The van der Waals surface area contributed by atoms with Crippen LogP contribution in [0, 0.1) is 12.3 Å². The van der Waals surface area contributed by atoms with E-state index in [-0.39, 0.29) is 28.8 Å². The number of fused-ring (bicyclic) bond motifs is 2. The summed E-state index contributed by atoms with van der Waals surface area (Å²) in [5.74, 6) is -0.176. The molecule has 0 fully saturated rings. The molecule has 4 rings (SSSR count). The van der Waals surface area contributed by atoms with E-state index in [0.717, 1.165) is 11.0 Å². The maximum absolute atomic E-state index is 14.4. The van der Waals surface area contributed by atoms with Crippen molar-refractivity contribution in [2.24, 2.45) is 5.41 Å². The van der Waals surface area contributed by atoms with Crippen LogP contribution in [0.2, 0.25) is 18.1 Å². The lowest BCUT2D eigenvalue weighted by Gasteiger charge is -2.36. The molecule has 2 aromatic heterocycles. The smallest absolute Gasteiger partial charge is 0.419 e. The van der Waals surface area contributed by atoms with Gasteiger partial charge in [-0.05, 0) is 81.8 Å². The lowest BCUT2D eigenvalue weighted by Crippen LogP contribution is -2.41. The van der Waals surface area contributed by atoms with Crippen molar-refractivity contribution in [1.82, 2.24) is 19.4 Å². The third kappa shape index (κ3) is 8.74. The highest BCUT2D eigenvalue weighted by Crippen LogP contribution is 2.40. The summed E-state index contributed by atoms with van der Waals surface area (Å²) in [6, 6.07) is 4.22. The van der Waals surface area contributed by atoms with Gasteiger partial charge in [0, 0.05) is 23.7 Å². The normalized spacial score (nSPS) is 15.4. The Morgan fingerprint density at radius 3 is 2.31 bits per heavy atom. The highest BCUT2D eigenvalue weighted by Gasteiger charge is 2.41. The molecule has 2 N–H and O–H groups in total. The Balaban J connectivity index is 1.72. The fraction of sp³-hybridized carbons (Fsp3) is 0.605. The largest absolute Gasteiger partial charge is 0.491 e. The average molecular weight is 725 g/mol. The first-order valence-electron chi connectivity index (χ1n) is 17.8. The molecule has 1 aliphatic carbocycles. The third-order valence-electron chi connectivity index (χ3n) is 9.80. The maximum Gasteiger partial charge on any atom is 0.419 e. The van der Waals surface area contributed by atoms with Gasteiger partial charge in [-0.3, -0.25) is 9.59 Å². The number of imidazole rings is 1. The van der Waals surface area contributed by atoms with E-state index in [2.05, 4.69) is 39.2 Å². The van der Waals surface area contributed by atoms with Gasteiger partial charge in [0.1, 0.15) is 29.5 Å². The lowest BCUT2D eigenvalue weighted by molar-refractivity contribution is 0.0518. The Kier molecular flexibility index (Phi) is 11.4. The average Bonchev–Trinajstić information content (AvgIpc) is 3.50. The molecule has 0 saturated heterocycles. The van der Waals surface area contributed by atoms with Crippen molar-refractivity contribution in [3.8, 4) is 5.75 Å². The van der Waals surface area contributed by atoms with Crippen molar-refractivity contribution in [2.75, 3.05) is 13.2 Å². The first-order valence-corrected chi connectivity index (χ1v) is 20.7. The van der Waals surface area contributed by atoms with Gasteiger partial charge >= 0.3 is 12.2 Å². The molecule has 12 nitrogen and oxygen atoms in total. The van der Waals surface area contributed by atoms with Crippen LogP contribution < -0.4 is 10.1 Å². The topological polar surface area (TPSA) is 151 Å². The number of hydrogen-bond acceptors (Lipinski definition) is 8. The monoisotopic (exact) mass is 724 g/mol. The first-order chi connectivity index (χ1) is 23.5. The van der Waals surface area contributed by atoms with Crippen molar-refractivity contribution < 1.29 is 38.2 Å². The number of nitrogens with zero attached hydrogens (tertiary/aromatic N) is 3. The van der Waals surface area contributed by atoms with Crippen molar-refractivity contribution in [3.05, 3.63) is 46.5 Å². The number of amides is 1. The van der Waals surface area contributed by atoms with Gasteiger partial charge in [0.15, 0.2) is 14.1 Å². The summed E-state index contributed by atoms with van der Waals surface area (Å²) in [7, 11) is -1.96. The zero-order valence-electron chi connectivity index (χ0n) is 32.4. The van der Waals surface area contributed by atoms with Crippen molar-refractivity contribution in [1.29, 1.82) is 0 Å². The number of carboxylic acid groups (broad SMARTS) is 1. The highest BCUT2D eigenvalue weighted by molar-refractivity contribution is 6.74. The molecular formula is C38H56N4O8Si. The molecular weight excluding hydrogens is 669 g/mol. The number of nitrogens with one attached hydrogen (secondary N) is 1. The van der Waals surface area contributed by atoms with Crippen LogP contribution in [-0.4, -0.2) is 70.2 Å². The van der Waals surface area contributed by atoms with E-state index >= 15 is 0 Å². The number of aromatic nitrogens is 3. The number of ether oxygens (including phenoxy) is 2. The van der Waals surface area contributed by atoms with Crippen molar-refractivity contribution in [3.63, 3.8) is 0 Å². The van der Waals surface area contributed by atoms with Crippen LogP contribution in [0.3, 0.4) is 0 Å². The summed E-state index contributed by atoms with van der Waals surface area (Å²) in [5.41, 5.74) is 0.620. The van der Waals surface area contributed by atoms with Crippen LogP contribution in [0.5, 0.6) is 5.75 Å². The number of hydrogen-bond donors (Lipinski definition) is 2. The van der Waals surface area contributed by atoms with Gasteiger partial charge in [-0.1, -0.05) is 54.4 Å². The highest BCUT2D eigenvalue weighted by atomic mass is 28.4. The standard InChI is InChI=1S/C38H56N4O8Si/c1-13-14-15-26(32-39-25-17-16-24(20-27(25)42(32)34(45)46)48-18-19-49-51(11,12)37(6,7)8)40-33(44)31-23(2)30-28(21-38(9,10)22-29(30)43)41(31)35(47)50-36(3,4)5/h16-17,20,26H,13-15,18-19,21-22H2,1-12H3,(H,40,44)(H,45,46). The van der Waals surface area contributed by atoms with Gasteiger partial charge in [-0.15, -0.1) is 0 Å². The van der Waals surface area contributed by atoms with Crippen LogP contribution in [0.15, 0.2) is 18.2 Å². The molecule has 280 valence electrons. The molecule has 1 unspecified atom stereocenters. The second-order valence-electron chi connectivity index (χ2n) is 16.9. The summed E-state index contributed by atoms with van der Waals surface area (Å²) >= 11 is 0. The van der Waals surface area contributed by atoms with Gasteiger partial charge in [0.2, 0.25) is 0 Å². The van der Waals surface area contributed by atoms with E-state index in [0.29, 0.717) is 66.1 Å². The van der Waals surface area contributed by atoms with Crippen LogP contribution in [0.4, 0.5) is 9.59 Å². The minimum Gasteiger partial charge on any atom is -0.491 e. The summed E-state index contributed by atoms with van der Waals surface area (Å²) in [5, 5.41) is 13.5. The van der Waals surface area contributed by atoms with Crippen LogP contribution in [0.1, 0.15) is 132 Å². The van der Waals surface area contributed by atoms with Gasteiger partial charge < -0.3 is 24.3 Å². The van der Waals surface area contributed by atoms with Crippen LogP contribution in [-0.2, 0) is 15.6 Å². The lowest BCUT2D eigenvalue weighted by atomic mass is 9.75. The Hall–Kier alpha value is -3.97. The summed E-state index contributed by atoms with van der Waals surface area (Å²) in [4.78, 5) is 59.0. The van der Waals surface area contributed by atoms with E-state index < -0.39 is 43.5 Å². The number of rotatable bonds is 11. The third-order valence-corrected chi connectivity index (χ3v) is 14.3. The van der Waals surface area contributed by atoms with Crippen LogP contribution in [0.25, 0.3) is 11.0 Å².